The van der Waals surface area contributed by atoms with Crippen molar-refractivity contribution in [1.29, 1.82) is 0 Å². The molecule has 6 heteroatoms. The Hall–Kier alpha value is -2.44. The summed E-state index contributed by atoms with van der Waals surface area (Å²) in [6.45, 7) is 0. The topological polar surface area (TPSA) is 46.6 Å². The van der Waals surface area contributed by atoms with Crippen LogP contribution >= 0.6 is 11.8 Å². The highest BCUT2D eigenvalue weighted by Crippen LogP contribution is 2.51. The Kier molecular flexibility index (Phi) is 3.94. The van der Waals surface area contributed by atoms with Crippen molar-refractivity contribution in [2.45, 2.75) is 14.7 Å². The lowest BCUT2D eigenvalue weighted by Gasteiger charge is -2.32. The van der Waals surface area contributed by atoms with Gasteiger partial charge in [-0.1, -0.05) is 42.1 Å². The van der Waals surface area contributed by atoms with Crippen LogP contribution in [0.4, 0.5) is 11.4 Å². The van der Waals surface area contributed by atoms with Crippen LogP contribution in [-0.4, -0.2) is 15.5 Å². The van der Waals surface area contributed by atoms with Gasteiger partial charge in [-0.15, -0.1) is 0 Å². The molecule has 4 nitrogen and oxygen atoms in total. The molecule has 0 atom stereocenters. The number of hydrogen-bond acceptors (Lipinski definition) is 4. The molecule has 0 radical (unpaired) electrons. The smallest absolute Gasteiger partial charge is 0.268 e. The van der Waals surface area contributed by atoms with Crippen molar-refractivity contribution in [3.05, 3.63) is 72.8 Å². The highest BCUT2D eigenvalue weighted by Gasteiger charge is 2.33. The molecule has 1 heterocycles. The van der Waals surface area contributed by atoms with E-state index in [-0.39, 0.29) is 4.90 Å². The fourth-order valence-electron chi connectivity index (χ4n) is 2.79. The van der Waals surface area contributed by atoms with Gasteiger partial charge in [-0.2, -0.15) is 0 Å². The van der Waals surface area contributed by atoms with Crippen LogP contribution in [0.1, 0.15) is 0 Å². The number of ether oxygens (including phenoxy) is 1. The molecule has 0 fully saturated rings. The van der Waals surface area contributed by atoms with Gasteiger partial charge in [-0.3, -0.25) is 0 Å². The molecule has 25 heavy (non-hydrogen) atoms. The van der Waals surface area contributed by atoms with Gasteiger partial charge in [0, 0.05) is 15.9 Å². The number of methoxy groups -OCH3 is 1. The van der Waals surface area contributed by atoms with E-state index in [4.69, 9.17) is 4.74 Å². The largest absolute Gasteiger partial charge is 0.497 e. The molecule has 0 saturated heterocycles. The lowest BCUT2D eigenvalue weighted by molar-refractivity contribution is 0.414. The Balaban J connectivity index is 1.98. The molecule has 0 aromatic heterocycles. The Labute approximate surface area is 151 Å². The number of rotatable bonds is 3. The van der Waals surface area contributed by atoms with E-state index < -0.39 is 10.0 Å². The minimum absolute atomic E-state index is 0.255. The molecule has 0 aliphatic carbocycles. The number of hydrogen-bond donors (Lipinski definition) is 0. The highest BCUT2D eigenvalue weighted by atomic mass is 32.2. The molecule has 0 N–H and O–H groups in total. The summed E-state index contributed by atoms with van der Waals surface area (Å²) in [5, 5.41) is 0. The molecule has 1 aliphatic rings. The highest BCUT2D eigenvalue weighted by molar-refractivity contribution is 8.00. The van der Waals surface area contributed by atoms with Crippen molar-refractivity contribution in [3.63, 3.8) is 0 Å². The van der Waals surface area contributed by atoms with Crippen molar-refractivity contribution >= 4 is 33.2 Å². The molecule has 1 aliphatic heterocycles. The van der Waals surface area contributed by atoms with Crippen LogP contribution in [-0.2, 0) is 10.0 Å². The SMILES string of the molecule is COc1ccc2c(c1)N(S(=O)(=O)c1ccccc1)c1ccccc1S2. The van der Waals surface area contributed by atoms with Crippen molar-refractivity contribution in [2.24, 2.45) is 0 Å². The van der Waals surface area contributed by atoms with Gasteiger partial charge in [-0.05, 0) is 36.4 Å². The Morgan fingerprint density at radius 2 is 1.52 bits per heavy atom. The minimum atomic E-state index is -3.75. The van der Waals surface area contributed by atoms with Gasteiger partial charge in [0.05, 0.1) is 23.4 Å². The third-order valence-corrected chi connectivity index (χ3v) is 6.84. The van der Waals surface area contributed by atoms with Gasteiger partial charge < -0.3 is 4.74 Å². The summed E-state index contributed by atoms with van der Waals surface area (Å²) in [5.41, 5.74) is 1.25. The van der Waals surface area contributed by atoms with Gasteiger partial charge in [-0.25, -0.2) is 12.7 Å². The number of fused-ring (bicyclic) bond motifs is 2. The Bertz CT molecular complexity index is 1030. The van der Waals surface area contributed by atoms with E-state index in [0.29, 0.717) is 17.1 Å². The summed E-state index contributed by atoms with van der Waals surface area (Å²) < 4.78 is 33.5. The van der Waals surface area contributed by atoms with Gasteiger partial charge in [0.1, 0.15) is 5.75 Å². The van der Waals surface area contributed by atoms with Crippen LogP contribution in [0.15, 0.2) is 87.5 Å². The van der Waals surface area contributed by atoms with E-state index in [0.717, 1.165) is 9.79 Å². The first kappa shape index (κ1) is 16.1. The van der Waals surface area contributed by atoms with E-state index in [1.807, 2.05) is 36.4 Å². The van der Waals surface area contributed by atoms with Crippen LogP contribution < -0.4 is 9.04 Å². The summed E-state index contributed by atoms with van der Waals surface area (Å²) in [6, 6.07) is 21.5. The van der Waals surface area contributed by atoms with Crippen LogP contribution in [0, 0.1) is 0 Å². The average molecular weight is 369 g/mol. The second-order valence-electron chi connectivity index (χ2n) is 5.49. The lowest BCUT2D eigenvalue weighted by atomic mass is 10.2. The van der Waals surface area contributed by atoms with Crippen molar-refractivity contribution < 1.29 is 13.2 Å². The van der Waals surface area contributed by atoms with Gasteiger partial charge in [0.25, 0.3) is 10.0 Å². The fraction of sp³-hybridized carbons (Fsp3) is 0.0526. The van der Waals surface area contributed by atoms with E-state index >= 15 is 0 Å². The molecule has 0 spiro atoms. The molecule has 0 saturated carbocycles. The number of anilines is 2. The molecule has 3 aromatic rings. The second-order valence-corrected chi connectivity index (χ2v) is 8.36. The predicted molar refractivity (Wildman–Crippen MR) is 99.3 cm³/mol. The number of para-hydroxylation sites is 1. The fourth-order valence-corrected chi connectivity index (χ4v) is 5.48. The van der Waals surface area contributed by atoms with E-state index in [1.165, 1.54) is 4.31 Å². The zero-order valence-corrected chi connectivity index (χ0v) is 15.0. The second kappa shape index (κ2) is 6.13. The summed E-state index contributed by atoms with van der Waals surface area (Å²) in [7, 11) is -2.18. The van der Waals surface area contributed by atoms with Crippen molar-refractivity contribution in [3.8, 4) is 5.75 Å². The maximum absolute atomic E-state index is 13.4. The molecule has 3 aromatic carbocycles. The standard InChI is InChI=1S/C19H15NO3S2/c1-23-14-11-12-19-17(13-14)20(16-9-5-6-10-18(16)24-19)25(21,22)15-7-3-2-4-8-15/h2-13H,1H3. The molecular formula is C19H15NO3S2. The molecule has 0 bridgehead atoms. The summed E-state index contributed by atoms with van der Waals surface area (Å²) >= 11 is 1.56. The molecular weight excluding hydrogens is 354 g/mol. The molecule has 126 valence electrons. The summed E-state index contributed by atoms with van der Waals surface area (Å²) in [5.74, 6) is 0.618. The normalized spacial score (nSPS) is 13.1. The van der Waals surface area contributed by atoms with Gasteiger partial charge in [0.15, 0.2) is 0 Å². The third kappa shape index (κ3) is 2.67. The maximum Gasteiger partial charge on any atom is 0.268 e. The zero-order valence-electron chi connectivity index (χ0n) is 13.4. The van der Waals surface area contributed by atoms with E-state index in [2.05, 4.69) is 0 Å². The lowest BCUT2D eigenvalue weighted by Crippen LogP contribution is -2.28. The Morgan fingerprint density at radius 3 is 2.28 bits per heavy atom. The van der Waals surface area contributed by atoms with E-state index in [1.54, 1.807) is 55.3 Å². The summed E-state index contributed by atoms with van der Waals surface area (Å²) in [4.78, 5) is 2.03. The molecule has 0 amide bonds. The third-order valence-electron chi connectivity index (χ3n) is 3.97. The monoisotopic (exact) mass is 369 g/mol. The average Bonchev–Trinajstić information content (AvgIpc) is 2.66. The van der Waals surface area contributed by atoms with Crippen LogP contribution in [0.5, 0.6) is 5.75 Å². The van der Waals surface area contributed by atoms with E-state index in [9.17, 15) is 8.42 Å². The number of benzene rings is 3. The first-order chi connectivity index (χ1) is 12.1. The molecule has 4 rings (SSSR count). The first-order valence-corrected chi connectivity index (χ1v) is 9.92. The number of nitrogens with zero attached hydrogens (tertiary/aromatic N) is 1. The van der Waals surface area contributed by atoms with Crippen LogP contribution in [0.25, 0.3) is 0 Å². The molecule has 0 unspecified atom stereocenters. The number of sulfonamides is 1. The minimum Gasteiger partial charge on any atom is -0.497 e. The van der Waals surface area contributed by atoms with Gasteiger partial charge >= 0.3 is 0 Å². The first-order valence-electron chi connectivity index (χ1n) is 7.66. The summed E-state index contributed by atoms with van der Waals surface area (Å²) in [6.07, 6.45) is 0. The zero-order chi connectivity index (χ0) is 17.4. The quantitative estimate of drug-likeness (QED) is 0.672. The Morgan fingerprint density at radius 1 is 0.840 bits per heavy atom. The maximum atomic E-state index is 13.4. The predicted octanol–water partition coefficient (Wildman–Crippen LogP) is 4.69. The van der Waals surface area contributed by atoms with Gasteiger partial charge in [0.2, 0.25) is 0 Å². The van der Waals surface area contributed by atoms with Crippen molar-refractivity contribution in [1.82, 2.24) is 0 Å². The van der Waals surface area contributed by atoms with Crippen LogP contribution in [0.3, 0.4) is 0 Å². The van der Waals surface area contributed by atoms with Crippen LogP contribution in [0.2, 0.25) is 0 Å². The van der Waals surface area contributed by atoms with Crippen molar-refractivity contribution in [2.75, 3.05) is 11.4 Å².